The molecule has 2 heterocycles. The first-order valence-corrected chi connectivity index (χ1v) is 10.3. The van der Waals surface area contributed by atoms with Crippen LogP contribution < -0.4 is 10.7 Å². The number of fused-ring (bicyclic) bond motifs is 1. The molecule has 0 saturated heterocycles. The van der Waals surface area contributed by atoms with E-state index in [2.05, 4.69) is 26.0 Å². The van der Waals surface area contributed by atoms with Crippen molar-refractivity contribution in [2.45, 2.75) is 18.6 Å². The minimum absolute atomic E-state index is 0.0191. The molecule has 11 heteroatoms. The summed E-state index contributed by atoms with van der Waals surface area (Å²) in [5, 5.41) is 20.4. The first-order chi connectivity index (χ1) is 15.3. The molecule has 2 aliphatic rings. The van der Waals surface area contributed by atoms with Crippen molar-refractivity contribution in [2.75, 3.05) is 6.61 Å². The summed E-state index contributed by atoms with van der Waals surface area (Å²) in [5.41, 5.74) is 1.47. The van der Waals surface area contributed by atoms with Gasteiger partial charge >= 0.3 is 0 Å². The number of aromatic nitrogens is 2. The quantitative estimate of drug-likeness (QED) is 0.573. The van der Waals surface area contributed by atoms with Gasteiger partial charge in [-0.25, -0.2) is 0 Å². The molecule has 1 amide bonds. The van der Waals surface area contributed by atoms with Crippen LogP contribution in [0.25, 0.3) is 11.4 Å². The maximum atomic E-state index is 13.6. The number of allylic oxidation sites excluding steroid dienone is 5. The smallest absolute Gasteiger partial charge is 0.284 e. The van der Waals surface area contributed by atoms with E-state index in [1.165, 1.54) is 27.4 Å². The molecule has 0 spiro atoms. The van der Waals surface area contributed by atoms with E-state index in [0.717, 1.165) is 5.70 Å². The van der Waals surface area contributed by atoms with Crippen molar-refractivity contribution in [3.05, 3.63) is 71.3 Å². The average molecular weight is 459 g/mol. The second kappa shape index (κ2) is 8.72. The molecule has 3 N–H and O–H groups in total. The van der Waals surface area contributed by atoms with Crippen molar-refractivity contribution >= 4 is 20.9 Å². The lowest BCUT2D eigenvalue weighted by Gasteiger charge is -2.14. The Labute approximate surface area is 184 Å². The number of alkyl halides is 2. The van der Waals surface area contributed by atoms with Crippen LogP contribution in [0.1, 0.15) is 23.1 Å². The first-order valence-electron chi connectivity index (χ1n) is 9.70. The molecule has 3 atom stereocenters. The van der Waals surface area contributed by atoms with Crippen molar-refractivity contribution in [1.29, 1.82) is 0 Å². The number of hydrazone groups is 1. The van der Waals surface area contributed by atoms with E-state index in [4.69, 9.17) is 4.52 Å². The lowest BCUT2D eigenvalue weighted by atomic mass is 9.99. The van der Waals surface area contributed by atoms with Gasteiger partial charge in [0.2, 0.25) is 5.82 Å². The Kier molecular flexibility index (Phi) is 5.99. The normalized spacial score (nSPS) is 18.3. The van der Waals surface area contributed by atoms with E-state index in [9.17, 15) is 18.7 Å². The van der Waals surface area contributed by atoms with Gasteiger partial charge in [0, 0.05) is 16.8 Å². The minimum atomic E-state index is -3.05. The summed E-state index contributed by atoms with van der Waals surface area (Å²) < 4.78 is 32.4. The number of halogens is 2. The lowest BCUT2D eigenvalue weighted by Crippen LogP contribution is -2.38. The van der Waals surface area contributed by atoms with Crippen LogP contribution in [0.2, 0.25) is 0 Å². The number of benzene rings is 1. The standard InChI is InChI=1S/C21H20F2N5O3P/c1-11-9-12(7-8-14(11)21(22,23)32)18-25-20(31-28-18)16(10-29)24-19(30)17-13-5-3-2-4-6-15(13)26-27-17/h2-9,13,16,26,29H,10,32H2,1H3,(H,24,30). The molecule has 1 aromatic carbocycles. The van der Waals surface area contributed by atoms with Crippen molar-refractivity contribution < 1.29 is 23.2 Å². The lowest BCUT2D eigenvalue weighted by molar-refractivity contribution is -0.116. The second-order valence-electron chi connectivity index (χ2n) is 7.30. The summed E-state index contributed by atoms with van der Waals surface area (Å²) in [6, 6.07) is 3.31. The summed E-state index contributed by atoms with van der Waals surface area (Å²) in [7, 11) is 1.51. The topological polar surface area (TPSA) is 113 Å². The van der Waals surface area contributed by atoms with Crippen LogP contribution in [0.5, 0.6) is 0 Å². The molecule has 166 valence electrons. The van der Waals surface area contributed by atoms with Gasteiger partial charge in [-0.3, -0.25) is 10.2 Å². The van der Waals surface area contributed by atoms with Gasteiger partial charge in [-0.1, -0.05) is 50.8 Å². The minimum Gasteiger partial charge on any atom is -0.394 e. The van der Waals surface area contributed by atoms with Crippen LogP contribution in [0.3, 0.4) is 0 Å². The highest BCUT2D eigenvalue weighted by atomic mass is 31.0. The fraction of sp³-hybridized carbons (Fsp3) is 0.238. The molecule has 0 bridgehead atoms. The van der Waals surface area contributed by atoms with Crippen LogP contribution in [-0.4, -0.2) is 33.5 Å². The number of nitrogens with zero attached hydrogens (tertiary/aromatic N) is 3. The molecule has 2 aromatic rings. The summed E-state index contributed by atoms with van der Waals surface area (Å²) >= 11 is 0. The molecule has 0 radical (unpaired) electrons. The monoisotopic (exact) mass is 459 g/mol. The van der Waals surface area contributed by atoms with E-state index in [1.807, 2.05) is 30.4 Å². The van der Waals surface area contributed by atoms with Crippen LogP contribution in [0, 0.1) is 12.8 Å². The predicted molar refractivity (Wildman–Crippen MR) is 116 cm³/mol. The summed E-state index contributed by atoms with van der Waals surface area (Å²) in [6.07, 6.45) is 9.14. The molecule has 1 aliphatic carbocycles. The summed E-state index contributed by atoms with van der Waals surface area (Å²) in [6.45, 7) is 1.07. The largest absolute Gasteiger partial charge is 0.394 e. The number of aryl methyl sites for hydroxylation is 1. The number of carbonyl (C=O) groups is 1. The first kappa shape index (κ1) is 22.0. The zero-order chi connectivity index (χ0) is 22.9. The van der Waals surface area contributed by atoms with E-state index < -0.39 is 24.2 Å². The summed E-state index contributed by atoms with van der Waals surface area (Å²) in [4.78, 5) is 17.0. The Hall–Kier alpha value is -3.23. The Morgan fingerprint density at radius 3 is 2.91 bits per heavy atom. The van der Waals surface area contributed by atoms with Crippen molar-refractivity contribution in [3.8, 4) is 11.4 Å². The van der Waals surface area contributed by atoms with Gasteiger partial charge in [0.25, 0.3) is 17.5 Å². The predicted octanol–water partition coefficient (Wildman–Crippen LogP) is 2.70. The number of hydrogen-bond acceptors (Lipinski definition) is 7. The van der Waals surface area contributed by atoms with Crippen molar-refractivity contribution in [2.24, 2.45) is 11.0 Å². The van der Waals surface area contributed by atoms with Gasteiger partial charge in [0.15, 0.2) is 0 Å². The van der Waals surface area contributed by atoms with Gasteiger partial charge in [0.05, 0.1) is 12.5 Å². The maximum absolute atomic E-state index is 13.6. The number of nitrogens with one attached hydrogen (secondary N) is 2. The number of aliphatic hydroxyl groups is 1. The number of amides is 1. The number of aliphatic hydroxyl groups excluding tert-OH is 1. The molecular formula is C21H20F2N5O3P. The van der Waals surface area contributed by atoms with E-state index in [1.54, 1.807) is 6.92 Å². The molecule has 1 aliphatic heterocycles. The molecule has 4 rings (SSSR count). The summed E-state index contributed by atoms with van der Waals surface area (Å²) in [5.74, 6) is -0.704. The van der Waals surface area contributed by atoms with E-state index in [0.29, 0.717) is 11.1 Å². The molecule has 3 unspecified atom stereocenters. The molecular weight excluding hydrogens is 439 g/mol. The van der Waals surface area contributed by atoms with Gasteiger partial charge in [-0.05, 0) is 24.6 Å². The van der Waals surface area contributed by atoms with Gasteiger partial charge < -0.3 is 14.9 Å². The van der Waals surface area contributed by atoms with Crippen LogP contribution in [0.15, 0.2) is 63.9 Å². The zero-order valence-corrected chi connectivity index (χ0v) is 18.1. The van der Waals surface area contributed by atoms with Gasteiger partial charge in [-0.2, -0.15) is 18.9 Å². The highest BCUT2D eigenvalue weighted by molar-refractivity contribution is 7.17. The third-order valence-corrected chi connectivity index (χ3v) is 5.35. The third-order valence-electron chi connectivity index (χ3n) is 5.04. The van der Waals surface area contributed by atoms with E-state index >= 15 is 0 Å². The molecule has 0 fully saturated rings. The Morgan fingerprint density at radius 1 is 1.38 bits per heavy atom. The molecule has 0 saturated carbocycles. The molecule has 32 heavy (non-hydrogen) atoms. The zero-order valence-electron chi connectivity index (χ0n) is 16.9. The second-order valence-corrected chi connectivity index (χ2v) is 8.02. The fourth-order valence-electron chi connectivity index (χ4n) is 3.43. The fourth-order valence-corrected chi connectivity index (χ4v) is 3.75. The Morgan fingerprint density at radius 2 is 2.19 bits per heavy atom. The van der Waals surface area contributed by atoms with Gasteiger partial charge in [-0.15, -0.1) is 0 Å². The van der Waals surface area contributed by atoms with Crippen LogP contribution >= 0.6 is 9.24 Å². The number of rotatable bonds is 6. The maximum Gasteiger partial charge on any atom is 0.284 e. The van der Waals surface area contributed by atoms with Crippen LogP contribution in [-0.2, 0) is 10.5 Å². The SMILES string of the molecule is Cc1cc(-c2noc(C(CO)NC(=O)C3=NNC4=CC=CC=CC43)n2)ccc1C(F)(F)P. The highest BCUT2D eigenvalue weighted by Gasteiger charge is 2.32. The third kappa shape index (κ3) is 4.37. The van der Waals surface area contributed by atoms with Crippen molar-refractivity contribution in [1.82, 2.24) is 20.9 Å². The van der Waals surface area contributed by atoms with E-state index in [-0.39, 0.29) is 28.9 Å². The average Bonchev–Trinajstić information content (AvgIpc) is 3.33. The van der Waals surface area contributed by atoms with Crippen molar-refractivity contribution in [3.63, 3.8) is 0 Å². The molecule has 1 aromatic heterocycles. The number of carbonyl (C=O) groups excluding carboxylic acids is 1. The molecule has 8 nitrogen and oxygen atoms in total. The van der Waals surface area contributed by atoms with Crippen LogP contribution in [0.4, 0.5) is 8.78 Å². The Balaban J connectivity index is 1.51. The van der Waals surface area contributed by atoms with Gasteiger partial charge in [0.1, 0.15) is 11.8 Å². The number of hydrogen-bond donors (Lipinski definition) is 3. The highest BCUT2D eigenvalue weighted by Crippen LogP contribution is 2.37. The Bertz CT molecular complexity index is 1170.